The lowest BCUT2D eigenvalue weighted by molar-refractivity contribution is -0.141. The summed E-state index contributed by atoms with van der Waals surface area (Å²) >= 11 is 0. The van der Waals surface area contributed by atoms with E-state index in [1.54, 1.807) is 0 Å². The van der Waals surface area contributed by atoms with Crippen molar-refractivity contribution in [2.75, 3.05) is 0 Å². The third-order valence-electron chi connectivity index (χ3n) is 4.54. The van der Waals surface area contributed by atoms with Crippen molar-refractivity contribution in [3.8, 4) is 0 Å². The summed E-state index contributed by atoms with van der Waals surface area (Å²) in [6, 6.07) is 0. The van der Waals surface area contributed by atoms with Gasteiger partial charge in [-0.25, -0.2) is 0 Å². The lowest BCUT2D eigenvalue weighted by atomic mass is 9.44. The second-order valence-electron chi connectivity index (χ2n) is 4.94. The average molecular weight is 176 g/mol. The number of ketones is 1. The predicted molar refractivity (Wildman–Crippen MR) is 51.3 cm³/mol. The van der Waals surface area contributed by atoms with Gasteiger partial charge in [0.15, 0.2) is 0 Å². The average Bonchev–Trinajstić information content (AvgIpc) is 2.11. The molecule has 0 aromatic rings. The molecule has 0 bridgehead atoms. The third kappa shape index (κ3) is 0.722. The van der Waals surface area contributed by atoms with Crippen LogP contribution in [0, 0.1) is 10.8 Å². The lowest BCUT2D eigenvalue weighted by Crippen LogP contribution is -2.55. The highest BCUT2D eigenvalue weighted by Gasteiger charge is 2.60. The van der Waals surface area contributed by atoms with Crippen LogP contribution in [0.5, 0.6) is 0 Å². The van der Waals surface area contributed by atoms with Gasteiger partial charge in [0.1, 0.15) is 5.78 Å². The zero-order chi connectivity index (χ0) is 8.94. The van der Waals surface area contributed by atoms with Crippen LogP contribution >= 0.6 is 0 Å². The summed E-state index contributed by atoms with van der Waals surface area (Å²) in [7, 11) is 0. The van der Waals surface area contributed by atoms with E-state index in [-0.39, 0.29) is 5.41 Å². The van der Waals surface area contributed by atoms with Crippen molar-refractivity contribution >= 4 is 5.78 Å². The van der Waals surface area contributed by atoms with Crippen molar-refractivity contribution in [2.45, 2.75) is 44.9 Å². The second-order valence-corrected chi connectivity index (χ2v) is 4.94. The molecule has 0 aliphatic heterocycles. The van der Waals surface area contributed by atoms with Crippen LogP contribution in [0.1, 0.15) is 44.9 Å². The van der Waals surface area contributed by atoms with Crippen molar-refractivity contribution < 1.29 is 4.79 Å². The van der Waals surface area contributed by atoms with Crippen molar-refractivity contribution in [3.05, 3.63) is 12.2 Å². The van der Waals surface area contributed by atoms with Gasteiger partial charge in [-0.2, -0.15) is 0 Å². The first-order chi connectivity index (χ1) is 6.29. The molecule has 0 radical (unpaired) electrons. The van der Waals surface area contributed by atoms with Gasteiger partial charge in [-0.3, -0.25) is 4.79 Å². The van der Waals surface area contributed by atoms with E-state index >= 15 is 0 Å². The Kier molecular flexibility index (Phi) is 1.35. The monoisotopic (exact) mass is 176 g/mol. The molecule has 2 saturated carbocycles. The minimum atomic E-state index is 0.0312. The molecule has 1 nitrogen and oxygen atoms in total. The molecule has 0 saturated heterocycles. The first-order valence-corrected chi connectivity index (χ1v) is 5.53. The first kappa shape index (κ1) is 7.78. The van der Waals surface area contributed by atoms with Gasteiger partial charge in [0, 0.05) is 11.8 Å². The van der Waals surface area contributed by atoms with Crippen LogP contribution in [-0.4, -0.2) is 5.78 Å². The molecule has 1 heteroatoms. The number of carbonyl (C=O) groups is 1. The summed E-state index contributed by atoms with van der Waals surface area (Å²) in [4.78, 5) is 12.0. The molecule has 70 valence electrons. The van der Waals surface area contributed by atoms with Crippen LogP contribution in [0.25, 0.3) is 0 Å². The van der Waals surface area contributed by atoms with Crippen LogP contribution in [0.15, 0.2) is 12.2 Å². The van der Waals surface area contributed by atoms with Crippen LogP contribution in [0.2, 0.25) is 0 Å². The van der Waals surface area contributed by atoms with Gasteiger partial charge < -0.3 is 0 Å². The summed E-state index contributed by atoms with van der Waals surface area (Å²) in [5.41, 5.74) is 0.365. The molecule has 2 unspecified atom stereocenters. The second kappa shape index (κ2) is 2.26. The number of hydrogen-bond donors (Lipinski definition) is 0. The Balaban J connectivity index is 2.06. The Bertz CT molecular complexity index is 287. The fraction of sp³-hybridized carbons (Fsp3) is 0.750. The Morgan fingerprint density at radius 3 is 2.46 bits per heavy atom. The van der Waals surface area contributed by atoms with E-state index in [1.807, 2.05) is 0 Å². The largest absolute Gasteiger partial charge is 0.299 e. The molecule has 0 aromatic heterocycles. The molecular formula is C12H16O. The number of hydrogen-bond acceptors (Lipinski definition) is 1. The number of Topliss-reactive ketones (excluding diaryl/α,β-unsaturated/α-hetero) is 1. The Morgan fingerprint density at radius 1 is 1.00 bits per heavy atom. The summed E-state index contributed by atoms with van der Waals surface area (Å²) in [6.07, 6.45) is 12.8. The number of rotatable bonds is 0. The van der Waals surface area contributed by atoms with Crippen molar-refractivity contribution in [1.29, 1.82) is 0 Å². The predicted octanol–water partition coefficient (Wildman–Crippen LogP) is 2.86. The van der Waals surface area contributed by atoms with E-state index in [2.05, 4.69) is 12.2 Å². The molecule has 0 amide bonds. The number of allylic oxidation sites excluding steroid dienone is 2. The molecule has 3 aliphatic rings. The zero-order valence-corrected chi connectivity index (χ0v) is 8.01. The van der Waals surface area contributed by atoms with E-state index in [1.165, 1.54) is 25.7 Å². The maximum Gasteiger partial charge on any atom is 0.143 e. The Labute approximate surface area is 79.2 Å². The third-order valence-corrected chi connectivity index (χ3v) is 4.54. The maximum atomic E-state index is 12.0. The standard InChI is InChI=1S/C12H16O/c13-10-4-3-6-11-5-1-2-7-12(10,11)9-8-11/h8-9H,1-7H2. The molecule has 0 heterocycles. The normalized spacial score (nSPS) is 47.8. The first-order valence-electron chi connectivity index (χ1n) is 5.53. The van der Waals surface area contributed by atoms with E-state index in [9.17, 15) is 4.79 Å². The van der Waals surface area contributed by atoms with Gasteiger partial charge in [0.2, 0.25) is 0 Å². The van der Waals surface area contributed by atoms with E-state index in [0.717, 1.165) is 19.3 Å². The van der Waals surface area contributed by atoms with Crippen molar-refractivity contribution in [2.24, 2.45) is 10.8 Å². The highest BCUT2D eigenvalue weighted by Crippen LogP contribution is 2.64. The minimum absolute atomic E-state index is 0.0312. The fourth-order valence-corrected chi connectivity index (χ4v) is 3.73. The molecular weight excluding hydrogens is 160 g/mol. The lowest BCUT2D eigenvalue weighted by Gasteiger charge is -2.58. The van der Waals surface area contributed by atoms with Crippen LogP contribution in [-0.2, 0) is 4.79 Å². The summed E-state index contributed by atoms with van der Waals surface area (Å²) < 4.78 is 0. The van der Waals surface area contributed by atoms with E-state index in [0.29, 0.717) is 11.2 Å². The fourth-order valence-electron chi connectivity index (χ4n) is 3.73. The van der Waals surface area contributed by atoms with Gasteiger partial charge in [-0.1, -0.05) is 25.0 Å². The summed E-state index contributed by atoms with van der Waals surface area (Å²) in [5, 5.41) is 0. The van der Waals surface area contributed by atoms with Crippen LogP contribution in [0.3, 0.4) is 0 Å². The van der Waals surface area contributed by atoms with Gasteiger partial charge in [0.05, 0.1) is 5.41 Å². The zero-order valence-electron chi connectivity index (χ0n) is 8.01. The van der Waals surface area contributed by atoms with Crippen LogP contribution < -0.4 is 0 Å². The summed E-state index contributed by atoms with van der Waals surface area (Å²) in [6.45, 7) is 0. The smallest absolute Gasteiger partial charge is 0.143 e. The molecule has 3 aliphatic carbocycles. The van der Waals surface area contributed by atoms with Crippen LogP contribution in [0.4, 0.5) is 0 Å². The van der Waals surface area contributed by atoms with Gasteiger partial charge in [-0.15, -0.1) is 0 Å². The number of carbonyl (C=O) groups excluding carboxylic acids is 1. The van der Waals surface area contributed by atoms with Gasteiger partial charge >= 0.3 is 0 Å². The van der Waals surface area contributed by atoms with Gasteiger partial charge in [0.25, 0.3) is 0 Å². The van der Waals surface area contributed by atoms with Gasteiger partial charge in [-0.05, 0) is 25.7 Å². The summed E-state index contributed by atoms with van der Waals surface area (Å²) in [5.74, 6) is 0.543. The van der Waals surface area contributed by atoms with E-state index < -0.39 is 0 Å². The maximum absolute atomic E-state index is 12.0. The molecule has 2 fully saturated rings. The van der Waals surface area contributed by atoms with Crippen molar-refractivity contribution in [1.82, 2.24) is 0 Å². The Hall–Kier alpha value is -0.590. The molecule has 3 rings (SSSR count). The topological polar surface area (TPSA) is 17.1 Å². The van der Waals surface area contributed by atoms with Crippen molar-refractivity contribution in [3.63, 3.8) is 0 Å². The molecule has 0 N–H and O–H groups in total. The molecule has 0 aromatic carbocycles. The highest BCUT2D eigenvalue weighted by atomic mass is 16.1. The molecule has 2 atom stereocenters. The quantitative estimate of drug-likeness (QED) is 0.519. The Morgan fingerprint density at radius 2 is 1.77 bits per heavy atom. The molecule has 0 spiro atoms. The SMILES string of the molecule is O=C1CCCC23C=CC12CCCC3. The molecule has 13 heavy (non-hydrogen) atoms. The highest BCUT2D eigenvalue weighted by molar-refractivity contribution is 5.91. The minimum Gasteiger partial charge on any atom is -0.299 e. The van der Waals surface area contributed by atoms with E-state index in [4.69, 9.17) is 0 Å².